The van der Waals surface area contributed by atoms with E-state index in [-0.39, 0.29) is 5.82 Å². The fraction of sp³-hybridized carbons (Fsp3) is 0.100. The number of hydrogen-bond acceptors (Lipinski definition) is 1. The van der Waals surface area contributed by atoms with E-state index in [1.807, 2.05) is 6.07 Å². The molecule has 1 rings (SSSR count). The first-order chi connectivity index (χ1) is 5.72. The van der Waals surface area contributed by atoms with Gasteiger partial charge in [0, 0.05) is 0 Å². The first-order valence-electron chi connectivity index (χ1n) is 3.61. The smallest absolute Gasteiger partial charge is 0.142 e. The second-order valence-electron chi connectivity index (χ2n) is 2.56. The highest BCUT2D eigenvalue weighted by Crippen LogP contribution is 2.09. The average molecular weight is 164 g/mol. The molecule has 1 aromatic carbocycles. The Morgan fingerprint density at radius 3 is 2.67 bits per heavy atom. The van der Waals surface area contributed by atoms with Crippen molar-refractivity contribution in [2.75, 3.05) is 0 Å². The lowest BCUT2D eigenvalue weighted by atomic mass is 10.1. The van der Waals surface area contributed by atoms with Gasteiger partial charge < -0.3 is 0 Å². The average Bonchev–Trinajstić information content (AvgIpc) is 1.99. The molecule has 0 N–H and O–H groups in total. The largest absolute Gasteiger partial charge is 0.299 e. The van der Waals surface area contributed by atoms with Gasteiger partial charge in [-0.1, -0.05) is 12.1 Å². The van der Waals surface area contributed by atoms with Crippen molar-refractivity contribution in [3.05, 3.63) is 41.2 Å². The van der Waals surface area contributed by atoms with Gasteiger partial charge in [-0.15, -0.1) is 0 Å². The number of benzene rings is 1. The molecular weight excluding hydrogens is 155 g/mol. The lowest BCUT2D eigenvalue weighted by molar-refractivity contribution is -0.104. The lowest BCUT2D eigenvalue weighted by Crippen LogP contribution is -1.80. The third kappa shape index (κ3) is 2.31. The molecule has 12 heavy (non-hydrogen) atoms. The summed E-state index contributed by atoms with van der Waals surface area (Å²) < 4.78 is 12.7. The summed E-state index contributed by atoms with van der Waals surface area (Å²) in [5.74, 6) is -0.277. The van der Waals surface area contributed by atoms with E-state index >= 15 is 0 Å². The third-order valence-electron chi connectivity index (χ3n) is 1.43. The molecule has 0 fully saturated rings. The van der Waals surface area contributed by atoms with Crippen LogP contribution in [0.5, 0.6) is 0 Å². The number of hydrogen-bond donors (Lipinski definition) is 0. The Morgan fingerprint density at radius 1 is 1.33 bits per heavy atom. The van der Waals surface area contributed by atoms with Crippen LogP contribution in [0.15, 0.2) is 24.3 Å². The maximum atomic E-state index is 12.7. The molecule has 0 aromatic heterocycles. The van der Waals surface area contributed by atoms with E-state index in [1.165, 1.54) is 18.2 Å². The van der Waals surface area contributed by atoms with Crippen molar-refractivity contribution < 1.29 is 9.18 Å². The summed E-state index contributed by atoms with van der Waals surface area (Å²) in [6, 6.07) is 4.63. The second kappa shape index (κ2) is 3.81. The number of rotatable bonds is 2. The minimum Gasteiger partial charge on any atom is -0.299 e. The molecule has 0 saturated heterocycles. The van der Waals surface area contributed by atoms with Gasteiger partial charge in [0.2, 0.25) is 0 Å². The maximum absolute atomic E-state index is 12.7. The van der Waals surface area contributed by atoms with Gasteiger partial charge in [0.1, 0.15) is 12.1 Å². The van der Waals surface area contributed by atoms with E-state index in [2.05, 4.69) is 0 Å². The molecule has 62 valence electrons. The van der Waals surface area contributed by atoms with Crippen LogP contribution in [0.3, 0.4) is 0 Å². The van der Waals surface area contributed by atoms with Crippen LogP contribution in [-0.4, -0.2) is 6.29 Å². The summed E-state index contributed by atoms with van der Waals surface area (Å²) in [5, 5.41) is 0. The van der Waals surface area contributed by atoms with Gasteiger partial charge in [-0.3, -0.25) is 4.79 Å². The number of aldehydes is 1. The highest BCUT2D eigenvalue weighted by atomic mass is 19.1. The van der Waals surface area contributed by atoms with Crippen LogP contribution in [0.25, 0.3) is 6.08 Å². The van der Waals surface area contributed by atoms with Crippen molar-refractivity contribution in [2.24, 2.45) is 0 Å². The van der Waals surface area contributed by atoms with Gasteiger partial charge in [0.15, 0.2) is 0 Å². The molecule has 0 radical (unpaired) electrons. The molecule has 0 aliphatic heterocycles. The maximum Gasteiger partial charge on any atom is 0.142 e. The molecule has 0 bridgehead atoms. The van der Waals surface area contributed by atoms with Crippen LogP contribution in [0.2, 0.25) is 0 Å². The molecular formula is C10H9FO. The van der Waals surface area contributed by atoms with Gasteiger partial charge in [-0.25, -0.2) is 4.39 Å². The first-order valence-corrected chi connectivity index (χ1v) is 3.61. The van der Waals surface area contributed by atoms with Gasteiger partial charge in [0.05, 0.1) is 0 Å². The predicted octanol–water partition coefficient (Wildman–Crippen LogP) is 2.35. The first kappa shape index (κ1) is 8.65. The lowest BCUT2D eigenvalue weighted by Gasteiger charge is -1.96. The van der Waals surface area contributed by atoms with E-state index in [0.717, 1.165) is 5.56 Å². The van der Waals surface area contributed by atoms with E-state index in [1.54, 1.807) is 13.0 Å². The summed E-state index contributed by atoms with van der Waals surface area (Å²) in [6.45, 7) is 1.81. The number of allylic oxidation sites excluding steroid dienone is 1. The predicted molar refractivity (Wildman–Crippen MR) is 46.2 cm³/mol. The zero-order valence-corrected chi connectivity index (χ0v) is 6.75. The number of carbonyl (C=O) groups excluding carboxylic acids is 1. The van der Waals surface area contributed by atoms with E-state index in [0.29, 0.717) is 11.8 Å². The number of aryl methyl sites for hydroxylation is 1. The number of carbonyl (C=O) groups is 1. The SMILES string of the molecule is Cc1cc(F)cc(/C=C/C=O)c1. The topological polar surface area (TPSA) is 17.1 Å². The minimum atomic E-state index is -0.277. The molecule has 1 nitrogen and oxygen atoms in total. The molecule has 0 unspecified atom stereocenters. The van der Waals surface area contributed by atoms with Crippen LogP contribution in [0.1, 0.15) is 11.1 Å². The van der Waals surface area contributed by atoms with Crippen molar-refractivity contribution in [1.29, 1.82) is 0 Å². The van der Waals surface area contributed by atoms with Crippen LogP contribution in [-0.2, 0) is 4.79 Å². The summed E-state index contributed by atoms with van der Waals surface area (Å²) in [5.41, 5.74) is 1.56. The van der Waals surface area contributed by atoms with Crippen molar-refractivity contribution in [3.63, 3.8) is 0 Å². The van der Waals surface area contributed by atoms with Gasteiger partial charge >= 0.3 is 0 Å². The van der Waals surface area contributed by atoms with Gasteiger partial charge in [0.25, 0.3) is 0 Å². The number of halogens is 1. The summed E-state index contributed by atoms with van der Waals surface area (Å²) in [6.07, 6.45) is 3.58. The zero-order valence-electron chi connectivity index (χ0n) is 6.75. The Labute approximate surface area is 70.5 Å². The van der Waals surface area contributed by atoms with Crippen LogP contribution >= 0.6 is 0 Å². The quantitative estimate of drug-likeness (QED) is 0.484. The van der Waals surface area contributed by atoms with Crippen molar-refractivity contribution in [1.82, 2.24) is 0 Å². The van der Waals surface area contributed by atoms with Crippen molar-refractivity contribution in [3.8, 4) is 0 Å². The fourth-order valence-electron chi connectivity index (χ4n) is 1.01. The van der Waals surface area contributed by atoms with Crippen LogP contribution in [0, 0.1) is 12.7 Å². The molecule has 0 atom stereocenters. The van der Waals surface area contributed by atoms with Gasteiger partial charge in [-0.2, -0.15) is 0 Å². The van der Waals surface area contributed by atoms with Crippen LogP contribution < -0.4 is 0 Å². The van der Waals surface area contributed by atoms with Crippen molar-refractivity contribution >= 4 is 12.4 Å². The molecule has 0 aliphatic carbocycles. The van der Waals surface area contributed by atoms with E-state index < -0.39 is 0 Å². The zero-order chi connectivity index (χ0) is 8.97. The highest BCUT2D eigenvalue weighted by Gasteiger charge is 1.93. The Bertz CT molecular complexity index is 295. The van der Waals surface area contributed by atoms with E-state index in [9.17, 15) is 9.18 Å². The monoisotopic (exact) mass is 164 g/mol. The van der Waals surface area contributed by atoms with Gasteiger partial charge in [-0.05, 0) is 36.3 Å². The van der Waals surface area contributed by atoms with E-state index in [4.69, 9.17) is 0 Å². The molecule has 0 saturated carbocycles. The normalized spacial score (nSPS) is 10.5. The summed E-state index contributed by atoms with van der Waals surface area (Å²) >= 11 is 0. The highest BCUT2D eigenvalue weighted by molar-refractivity contribution is 5.73. The molecule has 0 heterocycles. The van der Waals surface area contributed by atoms with Crippen molar-refractivity contribution in [2.45, 2.75) is 6.92 Å². The second-order valence-corrected chi connectivity index (χ2v) is 2.56. The molecule has 2 heteroatoms. The molecule has 0 aliphatic rings. The summed E-state index contributed by atoms with van der Waals surface area (Å²) in [4.78, 5) is 9.97. The minimum absolute atomic E-state index is 0.277. The summed E-state index contributed by atoms with van der Waals surface area (Å²) in [7, 11) is 0. The third-order valence-corrected chi connectivity index (χ3v) is 1.43. The Kier molecular flexibility index (Phi) is 2.75. The Morgan fingerprint density at radius 2 is 2.08 bits per heavy atom. The molecule has 0 amide bonds. The molecule has 1 aromatic rings. The Hall–Kier alpha value is -1.44. The Balaban J connectivity index is 3.00. The van der Waals surface area contributed by atoms with Crippen LogP contribution in [0.4, 0.5) is 4.39 Å². The molecule has 0 spiro atoms. The fourth-order valence-corrected chi connectivity index (χ4v) is 1.01. The standard InChI is InChI=1S/C10H9FO/c1-8-5-9(3-2-4-12)7-10(11)6-8/h2-7H,1H3/b3-2+.